The van der Waals surface area contributed by atoms with E-state index < -0.39 is 17.4 Å². The number of hydrogen-bond donors (Lipinski definition) is 2. The van der Waals surface area contributed by atoms with Crippen LogP contribution >= 0.6 is 0 Å². The van der Waals surface area contributed by atoms with Crippen LogP contribution in [0.1, 0.15) is 45.5 Å². The third kappa shape index (κ3) is 2.37. The number of carbonyl (C=O) groups is 3. The lowest BCUT2D eigenvalue weighted by Gasteiger charge is -2.30. The van der Waals surface area contributed by atoms with E-state index in [1.54, 1.807) is 6.07 Å². The number of nitrogen functional groups attached to an aromatic ring is 1. The van der Waals surface area contributed by atoms with Gasteiger partial charge >= 0.3 is 0 Å². The highest BCUT2D eigenvalue weighted by atomic mass is 16.2. The molecule has 0 atom stereocenters. The number of pyridine rings is 1. The normalized spacial score (nSPS) is 17.9. The molecule has 8 heteroatoms. The van der Waals surface area contributed by atoms with Gasteiger partial charge < -0.3 is 10.6 Å². The Morgan fingerprint density at radius 2 is 1.89 bits per heavy atom. The summed E-state index contributed by atoms with van der Waals surface area (Å²) in [7, 11) is 0. The van der Waals surface area contributed by atoms with Crippen molar-refractivity contribution in [3.8, 4) is 5.69 Å². The minimum absolute atomic E-state index is 0.00270. The van der Waals surface area contributed by atoms with E-state index in [-0.39, 0.29) is 28.8 Å². The zero-order valence-corrected chi connectivity index (χ0v) is 15.0. The predicted molar refractivity (Wildman–Crippen MR) is 102 cm³/mol. The molecule has 0 unspecified atom stereocenters. The number of nitrogens with zero attached hydrogens (tertiary/aromatic N) is 2. The summed E-state index contributed by atoms with van der Waals surface area (Å²) < 4.78 is 1.24. The molecule has 142 valence electrons. The van der Waals surface area contributed by atoms with Crippen molar-refractivity contribution < 1.29 is 14.4 Å². The second-order valence-corrected chi connectivity index (χ2v) is 7.46. The number of amides is 3. The lowest BCUT2D eigenvalue weighted by Crippen LogP contribution is -2.36. The number of nitrogens with two attached hydrogens (primary N) is 1. The minimum atomic E-state index is -0.615. The van der Waals surface area contributed by atoms with Crippen LogP contribution in [0.25, 0.3) is 5.69 Å². The molecular formula is C20H18N4O4. The Labute approximate surface area is 159 Å². The second-order valence-electron chi connectivity index (χ2n) is 7.46. The van der Waals surface area contributed by atoms with E-state index in [0.29, 0.717) is 12.2 Å². The van der Waals surface area contributed by atoms with Gasteiger partial charge in [-0.2, -0.15) is 0 Å². The molecule has 1 aliphatic carbocycles. The van der Waals surface area contributed by atoms with Crippen molar-refractivity contribution in [3.63, 3.8) is 0 Å². The summed E-state index contributed by atoms with van der Waals surface area (Å²) in [6.45, 7) is 0.699. The summed E-state index contributed by atoms with van der Waals surface area (Å²) >= 11 is 0. The first kappa shape index (κ1) is 16.7. The summed E-state index contributed by atoms with van der Waals surface area (Å²) in [5.41, 5.74) is 7.99. The molecule has 8 nitrogen and oxygen atoms in total. The molecule has 5 rings (SSSR count). The summed E-state index contributed by atoms with van der Waals surface area (Å²) in [5, 5.41) is 2.16. The van der Waals surface area contributed by atoms with Gasteiger partial charge in [-0.1, -0.05) is 0 Å². The van der Waals surface area contributed by atoms with Gasteiger partial charge in [0.25, 0.3) is 17.4 Å². The molecule has 3 amide bonds. The highest BCUT2D eigenvalue weighted by molar-refractivity contribution is 6.23. The number of carbonyl (C=O) groups excluding carboxylic acids is 3. The molecule has 0 radical (unpaired) electrons. The SMILES string of the molecule is Nc1c2c(cc(=O)n1-c1ccc3c(c1)CCCN3C(=O)C1CC1)C(=O)NC2=O. The maximum absolute atomic E-state index is 12.6. The maximum atomic E-state index is 12.6. The largest absolute Gasteiger partial charge is 0.384 e. The number of imide groups is 1. The second kappa shape index (κ2) is 5.79. The van der Waals surface area contributed by atoms with Gasteiger partial charge in [-0.3, -0.25) is 29.1 Å². The van der Waals surface area contributed by atoms with Crippen molar-refractivity contribution in [2.45, 2.75) is 25.7 Å². The zero-order chi connectivity index (χ0) is 19.6. The molecular weight excluding hydrogens is 360 g/mol. The number of aromatic nitrogens is 1. The Morgan fingerprint density at radius 1 is 1.11 bits per heavy atom. The van der Waals surface area contributed by atoms with Crippen molar-refractivity contribution >= 4 is 29.2 Å². The van der Waals surface area contributed by atoms with E-state index in [2.05, 4.69) is 5.32 Å². The Kier molecular flexibility index (Phi) is 3.46. The number of fused-ring (bicyclic) bond motifs is 2. The van der Waals surface area contributed by atoms with Crippen LogP contribution in [0.2, 0.25) is 0 Å². The molecule has 2 aliphatic heterocycles. The van der Waals surface area contributed by atoms with Crippen molar-refractivity contribution in [1.82, 2.24) is 9.88 Å². The average molecular weight is 378 g/mol. The van der Waals surface area contributed by atoms with Crippen molar-refractivity contribution in [3.05, 3.63) is 51.3 Å². The van der Waals surface area contributed by atoms with Gasteiger partial charge in [-0.05, 0) is 49.4 Å². The van der Waals surface area contributed by atoms with Crippen LogP contribution in [0.15, 0.2) is 29.1 Å². The predicted octanol–water partition coefficient (Wildman–Crippen LogP) is 0.992. The standard InChI is InChI=1S/C20H18N4O4/c21-17-16-13(18(26)22-19(16)27)9-15(25)24(17)12-5-6-14-11(8-12)2-1-7-23(14)20(28)10-3-4-10/h5-6,8-10H,1-4,7,21H2,(H,22,26,27). The van der Waals surface area contributed by atoms with Gasteiger partial charge in [-0.15, -0.1) is 0 Å². The van der Waals surface area contributed by atoms with E-state index in [0.717, 1.165) is 43.0 Å². The smallest absolute Gasteiger partial charge is 0.262 e. The molecule has 28 heavy (non-hydrogen) atoms. The molecule has 0 saturated heterocycles. The fourth-order valence-electron chi connectivity index (χ4n) is 4.05. The van der Waals surface area contributed by atoms with Gasteiger partial charge in [-0.25, -0.2) is 0 Å². The van der Waals surface area contributed by atoms with Crippen LogP contribution in [0.4, 0.5) is 11.5 Å². The number of benzene rings is 1. The van der Waals surface area contributed by atoms with Crippen LogP contribution in [-0.4, -0.2) is 28.8 Å². The molecule has 3 N–H and O–H groups in total. The lowest BCUT2D eigenvalue weighted by molar-refractivity contribution is -0.119. The first-order valence-corrected chi connectivity index (χ1v) is 9.31. The molecule has 2 aromatic rings. The first-order chi connectivity index (χ1) is 13.5. The third-order valence-electron chi connectivity index (χ3n) is 5.59. The number of nitrogens with one attached hydrogen (secondary N) is 1. The van der Waals surface area contributed by atoms with Gasteiger partial charge in [0, 0.05) is 24.2 Å². The highest BCUT2D eigenvalue weighted by Gasteiger charge is 2.36. The Morgan fingerprint density at radius 3 is 2.64 bits per heavy atom. The lowest BCUT2D eigenvalue weighted by atomic mass is 10.00. The van der Waals surface area contributed by atoms with Gasteiger partial charge in [0.15, 0.2) is 0 Å². The molecule has 3 heterocycles. The Balaban J connectivity index is 1.61. The van der Waals surface area contributed by atoms with Crippen LogP contribution in [0, 0.1) is 5.92 Å². The van der Waals surface area contributed by atoms with Crippen LogP contribution in [0.3, 0.4) is 0 Å². The van der Waals surface area contributed by atoms with E-state index >= 15 is 0 Å². The maximum Gasteiger partial charge on any atom is 0.262 e. The summed E-state index contributed by atoms with van der Waals surface area (Å²) in [6.07, 6.45) is 3.53. The average Bonchev–Trinajstić information content (AvgIpc) is 3.47. The zero-order valence-electron chi connectivity index (χ0n) is 15.0. The van der Waals surface area contributed by atoms with E-state index in [9.17, 15) is 19.2 Å². The fraction of sp³-hybridized carbons (Fsp3) is 0.300. The highest BCUT2D eigenvalue weighted by Crippen LogP contribution is 2.36. The third-order valence-corrected chi connectivity index (χ3v) is 5.59. The van der Waals surface area contributed by atoms with Gasteiger partial charge in [0.2, 0.25) is 5.91 Å². The quantitative estimate of drug-likeness (QED) is 0.757. The van der Waals surface area contributed by atoms with Crippen molar-refractivity contribution in [2.24, 2.45) is 5.92 Å². The molecule has 3 aliphatic rings. The van der Waals surface area contributed by atoms with Crippen LogP contribution in [0.5, 0.6) is 0 Å². The molecule has 1 fully saturated rings. The Hall–Kier alpha value is -3.42. The topological polar surface area (TPSA) is 114 Å². The van der Waals surface area contributed by atoms with E-state index in [1.165, 1.54) is 4.57 Å². The van der Waals surface area contributed by atoms with Crippen LogP contribution in [-0.2, 0) is 11.2 Å². The molecule has 1 aromatic carbocycles. The summed E-state index contributed by atoms with van der Waals surface area (Å²) in [4.78, 5) is 50.9. The van der Waals surface area contributed by atoms with E-state index in [4.69, 9.17) is 5.73 Å². The molecule has 1 aromatic heterocycles. The van der Waals surface area contributed by atoms with Gasteiger partial charge in [0.05, 0.1) is 16.8 Å². The summed E-state index contributed by atoms with van der Waals surface area (Å²) in [6, 6.07) is 6.51. The molecule has 0 bridgehead atoms. The van der Waals surface area contributed by atoms with Crippen molar-refractivity contribution in [2.75, 3.05) is 17.2 Å². The van der Waals surface area contributed by atoms with Gasteiger partial charge in [0.1, 0.15) is 5.82 Å². The molecule has 0 spiro atoms. The number of hydrogen-bond acceptors (Lipinski definition) is 5. The fourth-order valence-corrected chi connectivity index (χ4v) is 4.05. The number of anilines is 2. The number of rotatable bonds is 2. The van der Waals surface area contributed by atoms with Crippen molar-refractivity contribution in [1.29, 1.82) is 0 Å². The summed E-state index contributed by atoms with van der Waals surface area (Å²) in [5.74, 6) is -0.983. The van der Waals surface area contributed by atoms with E-state index in [1.807, 2.05) is 17.0 Å². The Bertz CT molecular complexity index is 1130. The monoisotopic (exact) mass is 378 g/mol. The number of aryl methyl sites for hydroxylation is 1. The van der Waals surface area contributed by atoms with Crippen LogP contribution < -0.4 is 21.5 Å². The first-order valence-electron chi connectivity index (χ1n) is 9.31. The molecule has 1 saturated carbocycles. The minimum Gasteiger partial charge on any atom is -0.384 e.